The third-order valence-corrected chi connectivity index (χ3v) is 3.82. The van der Waals surface area contributed by atoms with E-state index in [-0.39, 0.29) is 5.91 Å². The zero-order chi connectivity index (χ0) is 16.9. The number of nitrogens with zero attached hydrogens (tertiary/aromatic N) is 1. The molecule has 4 nitrogen and oxygen atoms in total. The van der Waals surface area contributed by atoms with Gasteiger partial charge in [-0.1, -0.05) is 29.8 Å². The molecule has 0 saturated heterocycles. The number of pyridine rings is 1. The van der Waals surface area contributed by atoms with Crippen LogP contribution in [-0.4, -0.2) is 18.0 Å². The van der Waals surface area contributed by atoms with Crippen LogP contribution in [0.4, 0.5) is 5.69 Å². The van der Waals surface area contributed by atoms with Crippen molar-refractivity contribution in [1.82, 2.24) is 4.98 Å². The quantitative estimate of drug-likeness (QED) is 0.710. The van der Waals surface area contributed by atoms with Crippen LogP contribution in [0.1, 0.15) is 5.56 Å². The van der Waals surface area contributed by atoms with Crippen LogP contribution >= 0.6 is 11.6 Å². The van der Waals surface area contributed by atoms with Gasteiger partial charge in [0.05, 0.1) is 24.5 Å². The van der Waals surface area contributed by atoms with Crippen LogP contribution in [0.5, 0.6) is 5.75 Å². The van der Waals surface area contributed by atoms with Crippen LogP contribution in [0.3, 0.4) is 0 Å². The highest BCUT2D eigenvalue weighted by Crippen LogP contribution is 2.21. The maximum Gasteiger partial charge on any atom is 0.248 e. The molecule has 120 valence electrons. The lowest BCUT2D eigenvalue weighted by atomic mass is 10.2. The number of amides is 1. The molecule has 0 atom stereocenters. The molecule has 1 heterocycles. The minimum atomic E-state index is -0.246. The number of fused-ring (bicyclic) bond motifs is 1. The first-order valence-electron chi connectivity index (χ1n) is 7.33. The van der Waals surface area contributed by atoms with Crippen LogP contribution < -0.4 is 10.1 Å². The second-order valence-electron chi connectivity index (χ2n) is 5.13. The van der Waals surface area contributed by atoms with Gasteiger partial charge in [0.1, 0.15) is 5.75 Å². The molecule has 0 fully saturated rings. The van der Waals surface area contributed by atoms with E-state index in [2.05, 4.69) is 10.3 Å². The van der Waals surface area contributed by atoms with E-state index < -0.39 is 0 Å². The maximum atomic E-state index is 12.0. The summed E-state index contributed by atoms with van der Waals surface area (Å²) in [5.41, 5.74) is 2.22. The number of methoxy groups -OCH3 is 1. The van der Waals surface area contributed by atoms with Crippen LogP contribution in [0.15, 0.2) is 60.8 Å². The van der Waals surface area contributed by atoms with Crippen molar-refractivity contribution in [3.05, 3.63) is 71.4 Å². The van der Waals surface area contributed by atoms with Crippen LogP contribution in [0.2, 0.25) is 5.02 Å². The second kappa shape index (κ2) is 7.15. The number of halogens is 1. The Morgan fingerprint density at radius 1 is 1.21 bits per heavy atom. The van der Waals surface area contributed by atoms with Crippen LogP contribution in [-0.2, 0) is 4.79 Å². The molecule has 1 aromatic heterocycles. The summed E-state index contributed by atoms with van der Waals surface area (Å²) in [6.45, 7) is 0. The number of benzene rings is 2. The molecule has 0 aliphatic rings. The predicted octanol–water partition coefficient (Wildman–Crippen LogP) is 4.55. The smallest absolute Gasteiger partial charge is 0.248 e. The minimum Gasteiger partial charge on any atom is -0.497 e. The monoisotopic (exact) mass is 338 g/mol. The summed E-state index contributed by atoms with van der Waals surface area (Å²) in [5, 5.41) is 4.31. The Hall–Kier alpha value is -2.85. The normalized spacial score (nSPS) is 10.9. The van der Waals surface area contributed by atoms with Crippen molar-refractivity contribution in [1.29, 1.82) is 0 Å². The Kier molecular flexibility index (Phi) is 4.77. The molecular formula is C19H15ClN2O2. The molecule has 0 aliphatic heterocycles. The molecule has 0 aliphatic carbocycles. The SMILES string of the molecule is COc1ccc2cc(NC(=O)/C=C/c3ccccc3Cl)cnc2c1. The standard InChI is InChI=1S/C19H15ClN2O2/c1-24-16-8-6-14-10-15(12-21-18(14)11-16)22-19(23)9-7-13-4-2-3-5-17(13)20/h2-12H,1H3,(H,22,23)/b9-7+. The van der Waals surface area contributed by atoms with Gasteiger partial charge in [0.25, 0.3) is 0 Å². The first-order valence-corrected chi connectivity index (χ1v) is 7.71. The summed E-state index contributed by atoms with van der Waals surface area (Å²) in [5.74, 6) is 0.499. The Labute approximate surface area is 144 Å². The summed E-state index contributed by atoms with van der Waals surface area (Å²) in [4.78, 5) is 16.4. The van der Waals surface area contributed by atoms with Gasteiger partial charge in [-0.2, -0.15) is 0 Å². The molecule has 5 heteroatoms. The van der Waals surface area contributed by atoms with Gasteiger partial charge < -0.3 is 10.1 Å². The zero-order valence-electron chi connectivity index (χ0n) is 13.0. The topological polar surface area (TPSA) is 51.2 Å². The fourth-order valence-electron chi connectivity index (χ4n) is 2.26. The number of hydrogen-bond acceptors (Lipinski definition) is 3. The summed E-state index contributed by atoms with van der Waals surface area (Å²) < 4.78 is 5.17. The van der Waals surface area contributed by atoms with E-state index in [4.69, 9.17) is 16.3 Å². The van der Waals surface area contributed by atoms with Crippen LogP contribution in [0.25, 0.3) is 17.0 Å². The van der Waals surface area contributed by atoms with E-state index in [0.717, 1.165) is 22.2 Å². The first-order chi connectivity index (χ1) is 11.7. The highest BCUT2D eigenvalue weighted by atomic mass is 35.5. The fourth-order valence-corrected chi connectivity index (χ4v) is 2.45. The minimum absolute atomic E-state index is 0.246. The van der Waals surface area contributed by atoms with Crippen molar-refractivity contribution < 1.29 is 9.53 Å². The van der Waals surface area contributed by atoms with Gasteiger partial charge in [-0.05, 0) is 35.9 Å². The Bertz CT molecular complexity index is 922. The zero-order valence-corrected chi connectivity index (χ0v) is 13.7. The maximum absolute atomic E-state index is 12.0. The molecule has 0 bridgehead atoms. The molecule has 1 amide bonds. The molecule has 0 saturated carbocycles. The lowest BCUT2D eigenvalue weighted by molar-refractivity contribution is -0.111. The van der Waals surface area contributed by atoms with Crippen molar-refractivity contribution >= 4 is 40.2 Å². The molecule has 0 radical (unpaired) electrons. The number of ether oxygens (including phenoxy) is 1. The average molecular weight is 339 g/mol. The van der Waals surface area contributed by atoms with E-state index in [1.165, 1.54) is 6.08 Å². The van der Waals surface area contributed by atoms with Gasteiger partial charge in [0.2, 0.25) is 5.91 Å². The molecule has 3 aromatic rings. The van der Waals surface area contributed by atoms with E-state index in [9.17, 15) is 4.79 Å². The third kappa shape index (κ3) is 3.73. The number of rotatable bonds is 4. The Morgan fingerprint density at radius 3 is 2.83 bits per heavy atom. The van der Waals surface area contributed by atoms with E-state index in [0.29, 0.717) is 10.7 Å². The largest absolute Gasteiger partial charge is 0.497 e. The average Bonchev–Trinajstić information content (AvgIpc) is 2.60. The Morgan fingerprint density at radius 2 is 2.04 bits per heavy atom. The summed E-state index contributed by atoms with van der Waals surface area (Å²) in [6, 6.07) is 14.8. The summed E-state index contributed by atoms with van der Waals surface area (Å²) in [7, 11) is 1.61. The Balaban J connectivity index is 1.74. The van der Waals surface area contributed by atoms with E-state index in [1.807, 2.05) is 42.5 Å². The van der Waals surface area contributed by atoms with E-state index >= 15 is 0 Å². The van der Waals surface area contributed by atoms with Gasteiger partial charge >= 0.3 is 0 Å². The first kappa shape index (κ1) is 16.0. The number of nitrogens with one attached hydrogen (secondary N) is 1. The molecule has 2 aromatic carbocycles. The molecule has 1 N–H and O–H groups in total. The molecule has 24 heavy (non-hydrogen) atoms. The highest BCUT2D eigenvalue weighted by Gasteiger charge is 2.03. The van der Waals surface area contributed by atoms with Gasteiger partial charge in [0, 0.05) is 22.6 Å². The number of carbonyl (C=O) groups is 1. The number of aromatic nitrogens is 1. The lowest BCUT2D eigenvalue weighted by Gasteiger charge is -2.05. The van der Waals surface area contributed by atoms with Crippen LogP contribution in [0, 0.1) is 0 Å². The molecular weight excluding hydrogens is 324 g/mol. The van der Waals surface area contributed by atoms with Crippen molar-refractivity contribution in [3.63, 3.8) is 0 Å². The van der Waals surface area contributed by atoms with Gasteiger partial charge in [-0.25, -0.2) is 0 Å². The molecule has 0 spiro atoms. The van der Waals surface area contributed by atoms with Crippen molar-refractivity contribution in [3.8, 4) is 5.75 Å². The number of anilines is 1. The molecule has 3 rings (SSSR count). The third-order valence-electron chi connectivity index (χ3n) is 3.48. The second-order valence-corrected chi connectivity index (χ2v) is 5.53. The predicted molar refractivity (Wildman–Crippen MR) is 97.4 cm³/mol. The summed E-state index contributed by atoms with van der Waals surface area (Å²) in [6.07, 6.45) is 4.74. The van der Waals surface area contributed by atoms with Gasteiger partial charge in [0.15, 0.2) is 0 Å². The van der Waals surface area contributed by atoms with Crippen molar-refractivity contribution in [2.75, 3.05) is 12.4 Å². The van der Waals surface area contributed by atoms with Crippen molar-refractivity contribution in [2.45, 2.75) is 0 Å². The lowest BCUT2D eigenvalue weighted by Crippen LogP contribution is -2.07. The highest BCUT2D eigenvalue weighted by molar-refractivity contribution is 6.32. The number of carbonyl (C=O) groups excluding carboxylic acids is 1. The molecule has 0 unspecified atom stereocenters. The fraction of sp³-hybridized carbons (Fsp3) is 0.0526. The van der Waals surface area contributed by atoms with Gasteiger partial charge in [-0.3, -0.25) is 9.78 Å². The number of hydrogen-bond donors (Lipinski definition) is 1. The summed E-state index contributed by atoms with van der Waals surface area (Å²) >= 11 is 6.05. The van der Waals surface area contributed by atoms with Crippen molar-refractivity contribution in [2.24, 2.45) is 0 Å². The van der Waals surface area contributed by atoms with E-state index in [1.54, 1.807) is 25.4 Å². The van der Waals surface area contributed by atoms with Gasteiger partial charge in [-0.15, -0.1) is 0 Å².